The van der Waals surface area contributed by atoms with Crippen LogP contribution in [0.4, 0.5) is 0 Å². The second-order valence-electron chi connectivity index (χ2n) is 9.97. The molecule has 2 fully saturated rings. The first-order chi connectivity index (χ1) is 17.8. The van der Waals surface area contributed by atoms with E-state index in [0.717, 1.165) is 24.8 Å². The van der Waals surface area contributed by atoms with Crippen LogP contribution in [0.5, 0.6) is 0 Å². The van der Waals surface area contributed by atoms with Gasteiger partial charge in [-0.1, -0.05) is 56.8 Å². The summed E-state index contributed by atoms with van der Waals surface area (Å²) in [6.45, 7) is 6.47. The molecule has 0 aromatic heterocycles. The lowest BCUT2D eigenvalue weighted by Crippen LogP contribution is -2.64. The van der Waals surface area contributed by atoms with Crippen LogP contribution in [0.15, 0.2) is 24.3 Å². The average Bonchev–Trinajstić information content (AvgIpc) is 3.35. The van der Waals surface area contributed by atoms with Gasteiger partial charge in [-0.2, -0.15) is 0 Å². The Morgan fingerprint density at radius 2 is 1.73 bits per heavy atom. The maximum atomic E-state index is 13.7. The van der Waals surface area contributed by atoms with Crippen LogP contribution in [0.2, 0.25) is 5.02 Å². The fourth-order valence-electron chi connectivity index (χ4n) is 4.87. The van der Waals surface area contributed by atoms with Crippen molar-refractivity contribution in [2.45, 2.75) is 70.0 Å². The SMILES string of the molecule is CC[C@H](C)[C@@H]1NCCOCCOCCNC(=O)[C@H](Cc2cccc(Cl)c2)NC(=O)C2(CCCC2)NC1=O. The Labute approximate surface area is 224 Å². The van der Waals surface area contributed by atoms with Crippen LogP contribution in [0.25, 0.3) is 0 Å². The molecule has 3 atom stereocenters. The van der Waals surface area contributed by atoms with Crippen molar-refractivity contribution in [3.8, 4) is 0 Å². The molecule has 206 valence electrons. The molecule has 1 aliphatic heterocycles. The molecule has 1 saturated heterocycles. The summed E-state index contributed by atoms with van der Waals surface area (Å²) in [5.41, 5.74) is -0.225. The number of halogens is 1. The third kappa shape index (κ3) is 8.67. The molecule has 1 aromatic rings. The normalized spacial score (nSPS) is 25.4. The summed E-state index contributed by atoms with van der Waals surface area (Å²) >= 11 is 6.16. The number of benzene rings is 1. The Morgan fingerprint density at radius 3 is 2.41 bits per heavy atom. The molecule has 0 unspecified atom stereocenters. The van der Waals surface area contributed by atoms with E-state index in [1.807, 2.05) is 26.0 Å². The summed E-state index contributed by atoms with van der Waals surface area (Å²) < 4.78 is 11.2. The highest BCUT2D eigenvalue weighted by Gasteiger charge is 2.45. The molecular weight excluding hydrogens is 496 g/mol. The van der Waals surface area contributed by atoms with E-state index in [9.17, 15) is 14.4 Å². The van der Waals surface area contributed by atoms with Crippen LogP contribution in [-0.2, 0) is 30.3 Å². The van der Waals surface area contributed by atoms with Gasteiger partial charge in [0.15, 0.2) is 0 Å². The van der Waals surface area contributed by atoms with Crippen LogP contribution < -0.4 is 21.3 Å². The standard InChI is InChI=1S/C27H41ClN4O5/c1-3-19(2)23-25(34)32-27(9-4-5-10-27)26(35)31-22(18-20-7-6-8-21(28)17-20)24(33)30-12-14-37-16-15-36-13-11-29-23/h6-8,17,19,22-23,29H,3-5,9-16,18H2,1-2H3,(H,30,33)(H,31,35)(H,32,34)/t19-,22-,23-/m0/s1. The monoisotopic (exact) mass is 536 g/mol. The first-order valence-electron chi connectivity index (χ1n) is 13.4. The van der Waals surface area contributed by atoms with Gasteiger partial charge in [-0.25, -0.2) is 0 Å². The Hall–Kier alpha value is -2.20. The molecule has 0 bridgehead atoms. The van der Waals surface area contributed by atoms with E-state index >= 15 is 0 Å². The molecule has 1 aromatic carbocycles. The largest absolute Gasteiger partial charge is 0.378 e. The van der Waals surface area contributed by atoms with Crippen molar-refractivity contribution in [2.24, 2.45) is 5.92 Å². The number of hydrogen-bond donors (Lipinski definition) is 4. The number of nitrogens with one attached hydrogen (secondary N) is 4. The van der Waals surface area contributed by atoms with Gasteiger partial charge in [-0.05, 0) is 36.5 Å². The summed E-state index contributed by atoms with van der Waals surface area (Å²) in [5.74, 6) is -0.777. The van der Waals surface area contributed by atoms with Gasteiger partial charge < -0.3 is 30.7 Å². The van der Waals surface area contributed by atoms with Gasteiger partial charge in [0.05, 0.1) is 32.5 Å². The predicted molar refractivity (Wildman–Crippen MR) is 142 cm³/mol. The van der Waals surface area contributed by atoms with Gasteiger partial charge in [-0.15, -0.1) is 0 Å². The summed E-state index contributed by atoms with van der Waals surface area (Å²) in [5, 5.41) is 12.8. The summed E-state index contributed by atoms with van der Waals surface area (Å²) in [6.07, 6.45) is 3.78. The van der Waals surface area contributed by atoms with Crippen LogP contribution in [0.1, 0.15) is 51.5 Å². The van der Waals surface area contributed by atoms with Gasteiger partial charge in [0, 0.05) is 24.5 Å². The average molecular weight is 537 g/mol. The minimum atomic E-state index is -1.05. The zero-order valence-electron chi connectivity index (χ0n) is 21.9. The minimum Gasteiger partial charge on any atom is -0.378 e. The Morgan fingerprint density at radius 1 is 1.03 bits per heavy atom. The van der Waals surface area contributed by atoms with Crippen LogP contribution in [-0.4, -0.2) is 74.9 Å². The fourth-order valence-corrected chi connectivity index (χ4v) is 5.09. The van der Waals surface area contributed by atoms with Gasteiger partial charge in [0.2, 0.25) is 17.7 Å². The lowest BCUT2D eigenvalue weighted by molar-refractivity contribution is -0.137. The van der Waals surface area contributed by atoms with E-state index in [1.54, 1.807) is 12.1 Å². The Balaban J connectivity index is 1.84. The molecule has 10 heteroatoms. The summed E-state index contributed by atoms with van der Waals surface area (Å²) in [6, 6.07) is 5.94. The number of hydrogen-bond acceptors (Lipinski definition) is 6. The molecule has 4 N–H and O–H groups in total. The topological polar surface area (TPSA) is 118 Å². The molecule has 1 aliphatic carbocycles. The predicted octanol–water partition coefficient (Wildman–Crippen LogP) is 1.96. The third-order valence-corrected chi connectivity index (χ3v) is 7.46. The second kappa shape index (κ2) is 14.7. The summed E-state index contributed by atoms with van der Waals surface area (Å²) in [7, 11) is 0. The Bertz CT molecular complexity index is 909. The van der Waals surface area contributed by atoms with Crippen molar-refractivity contribution < 1.29 is 23.9 Å². The van der Waals surface area contributed by atoms with Crippen LogP contribution in [0, 0.1) is 5.92 Å². The van der Waals surface area contributed by atoms with Crippen LogP contribution >= 0.6 is 11.6 Å². The van der Waals surface area contributed by atoms with E-state index in [2.05, 4.69) is 21.3 Å². The van der Waals surface area contributed by atoms with E-state index in [0.29, 0.717) is 57.4 Å². The highest BCUT2D eigenvalue weighted by Crippen LogP contribution is 2.31. The lowest BCUT2D eigenvalue weighted by atomic mass is 9.92. The molecule has 2 aliphatic rings. The van der Waals surface area contributed by atoms with E-state index in [4.69, 9.17) is 21.1 Å². The molecule has 37 heavy (non-hydrogen) atoms. The Kier molecular flexibility index (Phi) is 11.6. The smallest absolute Gasteiger partial charge is 0.246 e. The quantitative estimate of drug-likeness (QED) is 0.467. The maximum Gasteiger partial charge on any atom is 0.246 e. The number of carbonyl (C=O) groups is 3. The first-order valence-corrected chi connectivity index (χ1v) is 13.8. The third-order valence-electron chi connectivity index (χ3n) is 7.23. The molecule has 1 saturated carbocycles. The summed E-state index contributed by atoms with van der Waals surface area (Å²) in [4.78, 5) is 40.4. The molecule has 9 nitrogen and oxygen atoms in total. The lowest BCUT2D eigenvalue weighted by Gasteiger charge is -2.34. The molecule has 3 rings (SSSR count). The van der Waals surface area contributed by atoms with Crippen molar-refractivity contribution in [3.05, 3.63) is 34.9 Å². The molecule has 3 amide bonds. The van der Waals surface area contributed by atoms with Gasteiger partial charge >= 0.3 is 0 Å². The van der Waals surface area contributed by atoms with Crippen molar-refractivity contribution in [1.82, 2.24) is 21.3 Å². The van der Waals surface area contributed by atoms with Crippen molar-refractivity contribution >= 4 is 29.3 Å². The molecule has 1 heterocycles. The van der Waals surface area contributed by atoms with Gasteiger partial charge in [0.25, 0.3) is 0 Å². The minimum absolute atomic E-state index is 0.0665. The fraction of sp³-hybridized carbons (Fsp3) is 0.667. The van der Waals surface area contributed by atoms with E-state index < -0.39 is 17.6 Å². The molecule has 1 spiro atoms. The molecule has 0 radical (unpaired) electrons. The number of carbonyl (C=O) groups excluding carboxylic acids is 3. The van der Waals surface area contributed by atoms with Crippen molar-refractivity contribution in [2.75, 3.05) is 39.5 Å². The van der Waals surface area contributed by atoms with Gasteiger partial charge in [-0.3, -0.25) is 14.4 Å². The maximum absolute atomic E-state index is 13.7. The van der Waals surface area contributed by atoms with E-state index in [1.165, 1.54) is 0 Å². The highest BCUT2D eigenvalue weighted by atomic mass is 35.5. The highest BCUT2D eigenvalue weighted by molar-refractivity contribution is 6.30. The first kappa shape index (κ1) is 29.4. The zero-order valence-corrected chi connectivity index (χ0v) is 22.7. The number of amides is 3. The number of rotatable bonds is 4. The van der Waals surface area contributed by atoms with Crippen LogP contribution in [0.3, 0.4) is 0 Å². The zero-order chi connectivity index (χ0) is 26.7. The van der Waals surface area contributed by atoms with Crippen molar-refractivity contribution in [1.29, 1.82) is 0 Å². The second-order valence-corrected chi connectivity index (χ2v) is 10.4. The van der Waals surface area contributed by atoms with E-state index in [-0.39, 0.29) is 30.1 Å². The van der Waals surface area contributed by atoms with Crippen molar-refractivity contribution in [3.63, 3.8) is 0 Å². The van der Waals surface area contributed by atoms with Gasteiger partial charge in [0.1, 0.15) is 11.6 Å². The number of ether oxygens (including phenoxy) is 2. The molecular formula is C27H41ClN4O5.